The Labute approximate surface area is 81.8 Å². The van der Waals surface area contributed by atoms with Crippen molar-refractivity contribution in [2.75, 3.05) is 17.8 Å². The van der Waals surface area contributed by atoms with E-state index in [1.165, 1.54) is 6.39 Å². The van der Waals surface area contributed by atoms with Crippen LogP contribution in [-0.2, 0) is 0 Å². The van der Waals surface area contributed by atoms with Gasteiger partial charge in [-0.15, -0.1) is 0 Å². The summed E-state index contributed by atoms with van der Waals surface area (Å²) >= 11 is 4.19. The van der Waals surface area contributed by atoms with Gasteiger partial charge in [0.2, 0.25) is 0 Å². The van der Waals surface area contributed by atoms with Crippen LogP contribution in [0.5, 0.6) is 0 Å². The van der Waals surface area contributed by atoms with Gasteiger partial charge in [-0.1, -0.05) is 0 Å². The normalized spacial score (nSPS) is 10.6. The monoisotopic (exact) mass is 194 g/mol. The maximum atomic E-state index is 5.19. The third-order valence-corrected chi connectivity index (χ3v) is 2.39. The Balaban J connectivity index is 2.48. The Morgan fingerprint density at radius 2 is 2.38 bits per heavy atom. The van der Waals surface area contributed by atoms with E-state index >= 15 is 0 Å². The summed E-state index contributed by atoms with van der Waals surface area (Å²) in [5, 5.41) is 0. The number of aromatic nitrogens is 1. The first-order chi connectivity index (χ1) is 6.31. The van der Waals surface area contributed by atoms with Crippen molar-refractivity contribution in [2.24, 2.45) is 0 Å². The Morgan fingerprint density at radius 1 is 1.54 bits per heavy atom. The van der Waals surface area contributed by atoms with Gasteiger partial charge in [-0.3, -0.25) is 0 Å². The van der Waals surface area contributed by atoms with E-state index in [-0.39, 0.29) is 0 Å². The molecular weight excluding hydrogens is 184 g/mol. The minimum atomic E-state index is 0.680. The van der Waals surface area contributed by atoms with Crippen LogP contribution in [0.15, 0.2) is 29.0 Å². The Bertz CT molecular complexity index is 413. The van der Waals surface area contributed by atoms with E-state index in [1.54, 1.807) is 0 Å². The molecule has 0 spiro atoms. The largest absolute Gasteiger partial charge is 0.443 e. The van der Waals surface area contributed by atoms with Crippen LogP contribution in [0.2, 0.25) is 0 Å². The summed E-state index contributed by atoms with van der Waals surface area (Å²) in [5.41, 5.74) is 2.78. The van der Waals surface area contributed by atoms with E-state index in [9.17, 15) is 0 Å². The second kappa shape index (κ2) is 3.30. The molecule has 4 heteroatoms. The second-order valence-electron chi connectivity index (χ2n) is 2.84. The fraction of sp³-hybridized carbons (Fsp3) is 0.222. The second-order valence-corrected chi connectivity index (χ2v) is 3.13. The SMILES string of the molecule is CN(CS)c1ccc2ncoc2c1. The van der Waals surface area contributed by atoms with E-state index in [0.717, 1.165) is 16.8 Å². The number of benzene rings is 1. The number of fused-ring (bicyclic) bond motifs is 1. The number of rotatable bonds is 2. The maximum absolute atomic E-state index is 5.19. The van der Waals surface area contributed by atoms with Crippen LogP contribution < -0.4 is 4.90 Å². The van der Waals surface area contributed by atoms with Crippen molar-refractivity contribution in [3.63, 3.8) is 0 Å². The molecule has 1 aromatic carbocycles. The van der Waals surface area contributed by atoms with Gasteiger partial charge in [0.05, 0.1) is 5.88 Å². The highest BCUT2D eigenvalue weighted by molar-refractivity contribution is 7.80. The fourth-order valence-corrected chi connectivity index (χ4v) is 1.33. The summed E-state index contributed by atoms with van der Waals surface area (Å²) < 4.78 is 5.19. The summed E-state index contributed by atoms with van der Waals surface area (Å²) in [6, 6.07) is 5.90. The van der Waals surface area contributed by atoms with Gasteiger partial charge in [0, 0.05) is 18.8 Å². The lowest BCUT2D eigenvalue weighted by Crippen LogP contribution is -2.13. The highest BCUT2D eigenvalue weighted by Crippen LogP contribution is 2.20. The van der Waals surface area contributed by atoms with Crippen molar-refractivity contribution in [1.82, 2.24) is 4.98 Å². The van der Waals surface area contributed by atoms with Crippen LogP contribution in [0.3, 0.4) is 0 Å². The topological polar surface area (TPSA) is 29.3 Å². The number of anilines is 1. The maximum Gasteiger partial charge on any atom is 0.181 e. The van der Waals surface area contributed by atoms with Crippen molar-refractivity contribution < 1.29 is 4.42 Å². The molecule has 0 atom stereocenters. The van der Waals surface area contributed by atoms with Gasteiger partial charge in [0.15, 0.2) is 12.0 Å². The summed E-state index contributed by atoms with van der Waals surface area (Å²) in [6.07, 6.45) is 1.45. The van der Waals surface area contributed by atoms with Crippen molar-refractivity contribution in [2.45, 2.75) is 0 Å². The predicted octanol–water partition coefficient (Wildman–Crippen LogP) is 2.15. The molecule has 0 aliphatic rings. The lowest BCUT2D eigenvalue weighted by Gasteiger charge is -2.15. The Kier molecular flexibility index (Phi) is 2.14. The van der Waals surface area contributed by atoms with Gasteiger partial charge < -0.3 is 9.32 Å². The molecule has 0 aliphatic heterocycles. The molecule has 3 nitrogen and oxygen atoms in total. The van der Waals surface area contributed by atoms with Crippen LogP contribution >= 0.6 is 12.6 Å². The van der Waals surface area contributed by atoms with Gasteiger partial charge in [-0.25, -0.2) is 4.98 Å². The number of oxazole rings is 1. The first-order valence-electron chi connectivity index (χ1n) is 3.96. The summed E-state index contributed by atoms with van der Waals surface area (Å²) in [4.78, 5) is 6.06. The number of hydrogen-bond acceptors (Lipinski definition) is 4. The molecule has 0 fully saturated rings. The minimum absolute atomic E-state index is 0.680. The molecule has 2 rings (SSSR count). The standard InChI is InChI=1S/C9H10N2OS/c1-11(6-13)7-2-3-8-9(4-7)12-5-10-8/h2-5,13H,6H2,1H3. The van der Waals surface area contributed by atoms with E-state index in [2.05, 4.69) is 17.6 Å². The lowest BCUT2D eigenvalue weighted by molar-refractivity contribution is 0.602. The van der Waals surface area contributed by atoms with E-state index in [4.69, 9.17) is 4.42 Å². The molecule has 2 aromatic rings. The molecular formula is C9H10N2OS. The lowest BCUT2D eigenvalue weighted by atomic mass is 10.3. The molecule has 0 saturated carbocycles. The molecule has 68 valence electrons. The van der Waals surface area contributed by atoms with Crippen LogP contribution in [0.25, 0.3) is 11.1 Å². The summed E-state index contributed by atoms with van der Waals surface area (Å²) in [5.74, 6) is 0.680. The van der Waals surface area contributed by atoms with Crippen LogP contribution in [0.4, 0.5) is 5.69 Å². The number of nitrogens with zero attached hydrogens (tertiary/aromatic N) is 2. The molecule has 0 radical (unpaired) electrons. The molecule has 0 amide bonds. The van der Waals surface area contributed by atoms with Crippen LogP contribution in [-0.4, -0.2) is 17.9 Å². The predicted molar refractivity (Wildman–Crippen MR) is 56.3 cm³/mol. The third-order valence-electron chi connectivity index (χ3n) is 1.97. The Hall–Kier alpha value is -1.16. The zero-order chi connectivity index (χ0) is 9.26. The van der Waals surface area contributed by atoms with E-state index in [1.807, 2.05) is 30.1 Å². The van der Waals surface area contributed by atoms with E-state index < -0.39 is 0 Å². The molecule has 0 aliphatic carbocycles. The molecule has 0 bridgehead atoms. The zero-order valence-corrected chi connectivity index (χ0v) is 8.16. The zero-order valence-electron chi connectivity index (χ0n) is 7.27. The molecule has 1 heterocycles. The summed E-state index contributed by atoms with van der Waals surface area (Å²) in [6.45, 7) is 0. The quantitative estimate of drug-likeness (QED) is 0.586. The van der Waals surface area contributed by atoms with Crippen molar-refractivity contribution in [3.8, 4) is 0 Å². The first-order valence-corrected chi connectivity index (χ1v) is 4.60. The number of thiol groups is 1. The van der Waals surface area contributed by atoms with Gasteiger partial charge >= 0.3 is 0 Å². The highest BCUT2D eigenvalue weighted by atomic mass is 32.1. The van der Waals surface area contributed by atoms with Gasteiger partial charge in [0.25, 0.3) is 0 Å². The average Bonchev–Trinajstić information content (AvgIpc) is 2.63. The Morgan fingerprint density at radius 3 is 3.15 bits per heavy atom. The van der Waals surface area contributed by atoms with Crippen LogP contribution in [0.1, 0.15) is 0 Å². The minimum Gasteiger partial charge on any atom is -0.443 e. The molecule has 13 heavy (non-hydrogen) atoms. The van der Waals surface area contributed by atoms with Gasteiger partial charge in [0.1, 0.15) is 5.52 Å². The molecule has 1 aromatic heterocycles. The van der Waals surface area contributed by atoms with Crippen molar-refractivity contribution >= 4 is 29.4 Å². The third kappa shape index (κ3) is 1.49. The van der Waals surface area contributed by atoms with Crippen molar-refractivity contribution in [1.29, 1.82) is 0 Å². The highest BCUT2D eigenvalue weighted by Gasteiger charge is 2.02. The van der Waals surface area contributed by atoms with Crippen molar-refractivity contribution in [3.05, 3.63) is 24.6 Å². The molecule has 0 N–H and O–H groups in total. The van der Waals surface area contributed by atoms with Gasteiger partial charge in [-0.2, -0.15) is 12.6 Å². The molecule has 0 unspecified atom stereocenters. The average molecular weight is 194 g/mol. The van der Waals surface area contributed by atoms with E-state index in [0.29, 0.717) is 5.88 Å². The number of hydrogen-bond donors (Lipinski definition) is 1. The summed E-state index contributed by atoms with van der Waals surface area (Å²) in [7, 11) is 1.98. The first kappa shape index (κ1) is 8.44. The smallest absolute Gasteiger partial charge is 0.181 e. The molecule has 0 saturated heterocycles. The van der Waals surface area contributed by atoms with Gasteiger partial charge in [-0.05, 0) is 12.1 Å². The van der Waals surface area contributed by atoms with Crippen LogP contribution in [0, 0.1) is 0 Å². The fourth-order valence-electron chi connectivity index (χ4n) is 1.16.